The fourth-order valence-corrected chi connectivity index (χ4v) is 3.47. The number of hydrogen-bond acceptors (Lipinski definition) is 1. The van der Waals surface area contributed by atoms with E-state index in [1.165, 1.54) is 27.9 Å². The Labute approximate surface area is 260 Å². The molecule has 1 unspecified atom stereocenters. The van der Waals surface area contributed by atoms with Crippen LogP contribution < -0.4 is 0 Å². The summed E-state index contributed by atoms with van der Waals surface area (Å²) in [6.07, 6.45) is 38.4. The average Bonchev–Trinajstić information content (AvgIpc) is 2.91. The SMILES string of the molecule is COC(C)(C)C/C=C/C(C)C/C=C/C(C)=C/C=C/C(C)=C/C=C/C=C(C)/C=C/C=C(\C)C#C/C=C(\C)CCC=C(C)C. The van der Waals surface area contributed by atoms with E-state index in [9.17, 15) is 0 Å². The third kappa shape index (κ3) is 24.5. The summed E-state index contributed by atoms with van der Waals surface area (Å²) in [7, 11) is 1.77. The van der Waals surface area contributed by atoms with Gasteiger partial charge in [-0.2, -0.15) is 0 Å². The Morgan fingerprint density at radius 3 is 1.93 bits per heavy atom. The zero-order chi connectivity index (χ0) is 31.8. The van der Waals surface area contributed by atoms with Gasteiger partial charge in [-0.15, -0.1) is 0 Å². The highest BCUT2D eigenvalue weighted by Crippen LogP contribution is 2.15. The molecular weight excluding hydrogens is 508 g/mol. The number of rotatable bonds is 16. The average molecular weight is 567 g/mol. The van der Waals surface area contributed by atoms with Crippen LogP contribution in [0.4, 0.5) is 0 Å². The lowest BCUT2D eigenvalue weighted by Gasteiger charge is -2.20. The molecule has 0 N–H and O–H groups in total. The van der Waals surface area contributed by atoms with Gasteiger partial charge in [0.05, 0.1) is 5.60 Å². The lowest BCUT2D eigenvalue weighted by Crippen LogP contribution is -2.20. The Morgan fingerprint density at radius 1 is 0.762 bits per heavy atom. The lowest BCUT2D eigenvalue weighted by molar-refractivity contribution is 0.0254. The lowest BCUT2D eigenvalue weighted by atomic mass is 10.0. The standard InChI is InChI=1S/C41H58O/c1-34(2)20-14-23-37(5)26-17-29-38(6)27-15-24-35(3)21-12-13-22-36(4)25-16-28-39(7)30-18-31-40(8)32-19-33-41(9,10)42-11/h12-13,15-16,18-22,24-28,30,32,40H,14,23,31,33H2,1-11H3/b13-12+,24-15+,25-16+,30-18+,32-19+,35-21+,36-22+,37-26+,38-27+,39-28+. The maximum atomic E-state index is 5.47. The zero-order valence-electron chi connectivity index (χ0n) is 28.6. The van der Waals surface area contributed by atoms with Crippen molar-refractivity contribution in [2.24, 2.45) is 5.92 Å². The highest BCUT2D eigenvalue weighted by atomic mass is 16.5. The second-order valence-electron chi connectivity index (χ2n) is 12.0. The predicted octanol–water partition coefficient (Wildman–Crippen LogP) is 12.1. The molecule has 0 heterocycles. The van der Waals surface area contributed by atoms with Crippen LogP contribution in [0.3, 0.4) is 0 Å². The molecule has 0 aromatic heterocycles. The molecule has 0 fully saturated rings. The van der Waals surface area contributed by atoms with Crippen LogP contribution in [0.1, 0.15) is 94.9 Å². The maximum absolute atomic E-state index is 5.47. The van der Waals surface area contributed by atoms with Crippen molar-refractivity contribution < 1.29 is 4.74 Å². The molecule has 0 aromatic rings. The first kappa shape index (κ1) is 38.7. The van der Waals surface area contributed by atoms with Crippen molar-refractivity contribution in [3.05, 3.63) is 131 Å². The van der Waals surface area contributed by atoms with Crippen molar-refractivity contribution in [3.63, 3.8) is 0 Å². The predicted molar refractivity (Wildman–Crippen MR) is 190 cm³/mol. The molecule has 1 heteroatoms. The van der Waals surface area contributed by atoms with Gasteiger partial charge >= 0.3 is 0 Å². The zero-order valence-corrected chi connectivity index (χ0v) is 28.6. The summed E-state index contributed by atoms with van der Waals surface area (Å²) in [5, 5.41) is 0. The van der Waals surface area contributed by atoms with Crippen LogP contribution in [0.5, 0.6) is 0 Å². The third-order valence-electron chi connectivity index (χ3n) is 6.45. The highest BCUT2D eigenvalue weighted by molar-refractivity contribution is 5.36. The Bertz CT molecular complexity index is 1190. The van der Waals surface area contributed by atoms with Crippen molar-refractivity contribution >= 4 is 0 Å². The van der Waals surface area contributed by atoms with Crippen LogP contribution in [0.15, 0.2) is 131 Å². The fraction of sp³-hybridized carbons (Fsp3) is 0.415. The van der Waals surface area contributed by atoms with Crippen LogP contribution in [0.2, 0.25) is 0 Å². The minimum atomic E-state index is -0.0945. The molecule has 0 amide bonds. The molecule has 0 aliphatic carbocycles. The molecule has 228 valence electrons. The molecule has 42 heavy (non-hydrogen) atoms. The molecule has 0 spiro atoms. The van der Waals surface area contributed by atoms with Gasteiger partial charge in [-0.3, -0.25) is 0 Å². The smallest absolute Gasteiger partial charge is 0.0657 e. The molecule has 0 rings (SSSR count). The molecular formula is C41H58O. The van der Waals surface area contributed by atoms with E-state index >= 15 is 0 Å². The van der Waals surface area contributed by atoms with Gasteiger partial charge in [-0.05, 0) is 106 Å². The fourth-order valence-electron chi connectivity index (χ4n) is 3.47. The van der Waals surface area contributed by atoms with Crippen molar-refractivity contribution in [1.29, 1.82) is 0 Å². The van der Waals surface area contributed by atoms with Crippen molar-refractivity contribution in [3.8, 4) is 11.8 Å². The minimum Gasteiger partial charge on any atom is -0.378 e. The molecule has 0 saturated carbocycles. The number of allylic oxidation sites excluding steroid dienone is 21. The summed E-state index contributed by atoms with van der Waals surface area (Å²) < 4.78 is 5.47. The van der Waals surface area contributed by atoms with Crippen molar-refractivity contribution in [1.82, 2.24) is 0 Å². The van der Waals surface area contributed by atoms with E-state index < -0.39 is 0 Å². The molecule has 0 aromatic carbocycles. The Balaban J connectivity index is 4.69. The van der Waals surface area contributed by atoms with Gasteiger partial charge in [0.15, 0.2) is 0 Å². The van der Waals surface area contributed by atoms with Gasteiger partial charge in [0, 0.05) is 7.11 Å². The van der Waals surface area contributed by atoms with E-state index in [2.05, 4.69) is 165 Å². The highest BCUT2D eigenvalue weighted by Gasteiger charge is 2.13. The quantitative estimate of drug-likeness (QED) is 0.103. The Morgan fingerprint density at radius 2 is 1.33 bits per heavy atom. The van der Waals surface area contributed by atoms with Gasteiger partial charge in [0.25, 0.3) is 0 Å². The molecule has 1 atom stereocenters. The molecule has 0 saturated heterocycles. The topological polar surface area (TPSA) is 9.23 Å². The number of hydrogen-bond donors (Lipinski definition) is 0. The largest absolute Gasteiger partial charge is 0.378 e. The second-order valence-corrected chi connectivity index (χ2v) is 12.0. The Kier molecular flexibility index (Phi) is 21.4. The summed E-state index contributed by atoms with van der Waals surface area (Å²) in [5.41, 5.74) is 7.29. The van der Waals surface area contributed by atoms with Gasteiger partial charge < -0.3 is 4.74 Å². The second kappa shape index (κ2) is 23.2. The van der Waals surface area contributed by atoms with Gasteiger partial charge in [-0.1, -0.05) is 138 Å². The van der Waals surface area contributed by atoms with Gasteiger partial charge in [0.1, 0.15) is 0 Å². The number of methoxy groups -OCH3 is 1. The van der Waals surface area contributed by atoms with Crippen molar-refractivity contribution in [2.45, 2.75) is 101 Å². The molecule has 0 aliphatic rings. The molecule has 1 nitrogen and oxygen atoms in total. The van der Waals surface area contributed by atoms with Crippen LogP contribution in [-0.4, -0.2) is 12.7 Å². The van der Waals surface area contributed by atoms with Crippen LogP contribution >= 0.6 is 0 Å². The first-order chi connectivity index (χ1) is 19.8. The Hall–Kier alpha value is -3.34. The minimum absolute atomic E-state index is 0.0945. The summed E-state index contributed by atoms with van der Waals surface area (Å²) in [4.78, 5) is 0. The molecule has 0 aliphatic heterocycles. The first-order valence-electron chi connectivity index (χ1n) is 15.2. The number of ether oxygens (including phenoxy) is 1. The monoisotopic (exact) mass is 566 g/mol. The van der Waals surface area contributed by atoms with E-state index in [1.807, 2.05) is 13.0 Å². The van der Waals surface area contributed by atoms with E-state index in [1.54, 1.807) is 7.11 Å². The van der Waals surface area contributed by atoms with Gasteiger partial charge in [0.2, 0.25) is 0 Å². The summed E-state index contributed by atoms with van der Waals surface area (Å²) in [5.74, 6) is 6.90. The van der Waals surface area contributed by atoms with E-state index in [4.69, 9.17) is 4.74 Å². The first-order valence-corrected chi connectivity index (χ1v) is 15.2. The van der Waals surface area contributed by atoms with E-state index in [-0.39, 0.29) is 5.60 Å². The van der Waals surface area contributed by atoms with Crippen LogP contribution in [0.25, 0.3) is 0 Å². The van der Waals surface area contributed by atoms with Gasteiger partial charge in [-0.25, -0.2) is 0 Å². The maximum Gasteiger partial charge on any atom is 0.0657 e. The van der Waals surface area contributed by atoms with Crippen LogP contribution in [-0.2, 0) is 4.74 Å². The molecule has 0 radical (unpaired) electrons. The van der Waals surface area contributed by atoms with E-state index in [0.29, 0.717) is 5.92 Å². The normalized spacial score (nSPS) is 15.5. The summed E-state index contributed by atoms with van der Waals surface area (Å²) >= 11 is 0. The van der Waals surface area contributed by atoms with Crippen molar-refractivity contribution in [2.75, 3.05) is 7.11 Å². The third-order valence-corrected chi connectivity index (χ3v) is 6.45. The van der Waals surface area contributed by atoms with Crippen LogP contribution in [0, 0.1) is 17.8 Å². The van der Waals surface area contributed by atoms with E-state index in [0.717, 1.165) is 31.3 Å². The summed E-state index contributed by atoms with van der Waals surface area (Å²) in [6, 6.07) is 0. The summed E-state index contributed by atoms with van der Waals surface area (Å²) in [6.45, 7) is 21.3. The molecule has 0 bridgehead atoms.